The van der Waals surface area contributed by atoms with E-state index in [0.29, 0.717) is 18.0 Å². The summed E-state index contributed by atoms with van der Waals surface area (Å²) in [6.07, 6.45) is 17.1. The molecule has 0 bridgehead atoms. The number of ether oxygens (including phenoxy) is 1. The third-order valence-electron chi connectivity index (χ3n) is 4.53. The van der Waals surface area contributed by atoms with E-state index in [9.17, 15) is 13.2 Å². The first-order chi connectivity index (χ1) is 13.1. The van der Waals surface area contributed by atoms with Crippen LogP contribution in [0.4, 0.5) is 0 Å². The molecule has 2 atom stereocenters. The molecular weight excluding hydrogens is 376 g/mol. The molecular formula is C21H32N2O4S. The minimum atomic E-state index is -3.66. The monoisotopic (exact) mass is 408 g/mol. The van der Waals surface area contributed by atoms with Gasteiger partial charge >= 0.3 is 5.97 Å². The maximum absolute atomic E-state index is 12.5. The molecule has 0 aliphatic heterocycles. The normalized spacial score (nSPS) is 28.2. The third-order valence-corrected chi connectivity index (χ3v) is 5.68. The van der Waals surface area contributed by atoms with Crippen LogP contribution >= 0.6 is 0 Å². The number of rotatable bonds is 7. The summed E-state index contributed by atoms with van der Waals surface area (Å²) < 4.78 is 35.7. The van der Waals surface area contributed by atoms with Crippen LogP contribution in [0.3, 0.4) is 0 Å². The van der Waals surface area contributed by atoms with E-state index in [1.165, 1.54) is 0 Å². The van der Waals surface area contributed by atoms with Crippen molar-refractivity contribution in [2.45, 2.75) is 70.9 Å². The van der Waals surface area contributed by atoms with Gasteiger partial charge in [-0.15, -0.1) is 0 Å². The van der Waals surface area contributed by atoms with Crippen LogP contribution in [0, 0.1) is 5.92 Å². The smallest absolute Gasteiger partial charge is 0.306 e. The lowest BCUT2D eigenvalue weighted by Gasteiger charge is -2.30. The van der Waals surface area contributed by atoms with Gasteiger partial charge in [0.25, 0.3) is 10.2 Å². The first kappa shape index (κ1) is 22.4. The van der Waals surface area contributed by atoms with E-state index < -0.39 is 15.8 Å². The largest absolute Gasteiger partial charge is 0.460 e. The SMILES string of the molecule is CC(C)(C)OC(=O)CCC1CCC[C@@H](NS(=O)(=O)NC2=C/C=C\C=C/C=C\2)C1. The molecule has 0 aromatic rings. The Balaban J connectivity index is 1.84. The highest BCUT2D eigenvalue weighted by atomic mass is 32.2. The fraction of sp³-hybridized carbons (Fsp3) is 0.571. The highest BCUT2D eigenvalue weighted by Crippen LogP contribution is 2.28. The standard InChI is InChI=1S/C21H32N2O4S/c1-21(2,3)27-20(24)15-14-17-10-9-13-19(16-17)23-28(25,26)22-18-11-7-5-4-6-8-12-18/h4-8,11-12,17,19,22-23H,9-10,13-16H2,1-3H3/b5-4-,6-4?,7-5?,8-6-,11-7-,12-8?,18-11?,18-12+/t17?,19-/m1/s1. The number of esters is 1. The average molecular weight is 409 g/mol. The summed E-state index contributed by atoms with van der Waals surface area (Å²) in [5.74, 6) is 0.129. The van der Waals surface area contributed by atoms with Gasteiger partial charge in [0.05, 0.1) is 0 Å². The summed E-state index contributed by atoms with van der Waals surface area (Å²) in [4.78, 5) is 11.9. The fourth-order valence-corrected chi connectivity index (χ4v) is 4.57. The zero-order valence-corrected chi connectivity index (χ0v) is 17.8. The quantitative estimate of drug-likeness (QED) is 0.630. The highest BCUT2D eigenvalue weighted by Gasteiger charge is 2.27. The molecule has 2 aliphatic carbocycles. The van der Waals surface area contributed by atoms with Crippen molar-refractivity contribution in [2.75, 3.05) is 0 Å². The van der Waals surface area contributed by atoms with E-state index in [4.69, 9.17) is 4.74 Å². The van der Waals surface area contributed by atoms with Crippen molar-refractivity contribution in [1.82, 2.24) is 9.44 Å². The Morgan fingerprint density at radius 1 is 1.14 bits per heavy atom. The molecule has 0 aromatic heterocycles. The van der Waals surface area contributed by atoms with Gasteiger partial charge in [0, 0.05) is 18.2 Å². The van der Waals surface area contributed by atoms with Gasteiger partial charge in [-0.2, -0.15) is 13.1 Å². The summed E-state index contributed by atoms with van der Waals surface area (Å²) in [5, 5.41) is 0. The van der Waals surface area contributed by atoms with Crippen LogP contribution in [0.1, 0.15) is 59.3 Å². The lowest BCUT2D eigenvalue weighted by Crippen LogP contribution is -2.44. The predicted octanol–water partition coefficient (Wildman–Crippen LogP) is 3.66. The van der Waals surface area contributed by atoms with Crippen LogP contribution in [0.25, 0.3) is 0 Å². The zero-order valence-electron chi connectivity index (χ0n) is 17.0. The zero-order chi connectivity index (χ0) is 20.6. The van der Waals surface area contributed by atoms with Crippen molar-refractivity contribution in [3.63, 3.8) is 0 Å². The Bertz CT molecular complexity index is 758. The average Bonchev–Trinajstić information content (AvgIpc) is 2.54. The molecule has 0 spiro atoms. The first-order valence-electron chi connectivity index (χ1n) is 9.86. The van der Waals surface area contributed by atoms with E-state index >= 15 is 0 Å². The lowest BCUT2D eigenvalue weighted by molar-refractivity contribution is -0.155. The molecule has 6 nitrogen and oxygen atoms in total. The summed E-state index contributed by atoms with van der Waals surface area (Å²) in [6.45, 7) is 5.57. The summed E-state index contributed by atoms with van der Waals surface area (Å²) in [7, 11) is -3.66. The van der Waals surface area contributed by atoms with E-state index in [1.807, 2.05) is 39.0 Å². The molecule has 2 aliphatic rings. The van der Waals surface area contributed by atoms with Gasteiger partial charge in [-0.3, -0.25) is 9.52 Å². The number of allylic oxidation sites excluding steroid dienone is 7. The topological polar surface area (TPSA) is 84.5 Å². The highest BCUT2D eigenvalue weighted by molar-refractivity contribution is 7.87. The lowest BCUT2D eigenvalue weighted by atomic mass is 9.83. The van der Waals surface area contributed by atoms with Gasteiger partial charge < -0.3 is 4.74 Å². The second kappa shape index (κ2) is 10.1. The second-order valence-corrected chi connectivity index (χ2v) is 9.78. The first-order valence-corrected chi connectivity index (χ1v) is 11.3. The fourth-order valence-electron chi connectivity index (χ4n) is 3.41. The molecule has 0 radical (unpaired) electrons. The van der Waals surface area contributed by atoms with Crippen molar-refractivity contribution in [3.05, 3.63) is 48.2 Å². The van der Waals surface area contributed by atoms with Crippen LogP contribution in [0.5, 0.6) is 0 Å². The number of hydrogen-bond acceptors (Lipinski definition) is 4. The maximum Gasteiger partial charge on any atom is 0.306 e. The van der Waals surface area contributed by atoms with Gasteiger partial charge in [0.2, 0.25) is 0 Å². The molecule has 7 heteroatoms. The van der Waals surface area contributed by atoms with E-state index in [1.54, 1.807) is 24.3 Å². The molecule has 1 saturated carbocycles. The van der Waals surface area contributed by atoms with Crippen LogP contribution < -0.4 is 9.44 Å². The third kappa shape index (κ3) is 8.89. The van der Waals surface area contributed by atoms with Crippen LogP contribution in [-0.2, 0) is 19.7 Å². The Morgan fingerprint density at radius 2 is 1.86 bits per heavy atom. The van der Waals surface area contributed by atoms with Gasteiger partial charge in [-0.25, -0.2) is 0 Å². The van der Waals surface area contributed by atoms with Crippen molar-refractivity contribution in [2.24, 2.45) is 5.92 Å². The number of hydrogen-bond donors (Lipinski definition) is 2. The Kier molecular flexibility index (Phi) is 8.07. The molecule has 2 N–H and O–H groups in total. The van der Waals surface area contributed by atoms with Crippen LogP contribution in [0.15, 0.2) is 48.2 Å². The van der Waals surface area contributed by atoms with E-state index in [-0.39, 0.29) is 12.0 Å². The van der Waals surface area contributed by atoms with Gasteiger partial charge in [0.1, 0.15) is 5.60 Å². The van der Waals surface area contributed by atoms with Crippen molar-refractivity contribution < 1.29 is 17.9 Å². The number of carbonyl (C=O) groups is 1. The van der Waals surface area contributed by atoms with Crippen molar-refractivity contribution >= 4 is 16.2 Å². The molecule has 0 heterocycles. The van der Waals surface area contributed by atoms with Gasteiger partial charge in [-0.1, -0.05) is 43.2 Å². The van der Waals surface area contributed by atoms with E-state index in [2.05, 4.69) is 9.44 Å². The molecule has 28 heavy (non-hydrogen) atoms. The minimum absolute atomic E-state index is 0.122. The Labute approximate surface area is 169 Å². The molecule has 0 amide bonds. The molecule has 0 saturated heterocycles. The van der Waals surface area contributed by atoms with Crippen LogP contribution in [-0.4, -0.2) is 26.0 Å². The van der Waals surface area contributed by atoms with Crippen molar-refractivity contribution in [1.29, 1.82) is 0 Å². The summed E-state index contributed by atoms with van der Waals surface area (Å²) in [5.41, 5.74) is 0.0314. The van der Waals surface area contributed by atoms with Gasteiger partial charge in [0.15, 0.2) is 0 Å². The molecule has 0 aromatic carbocycles. The summed E-state index contributed by atoms with van der Waals surface area (Å²) in [6, 6.07) is -0.122. The molecule has 156 valence electrons. The molecule has 1 unspecified atom stereocenters. The minimum Gasteiger partial charge on any atom is -0.460 e. The molecule has 2 rings (SSSR count). The van der Waals surface area contributed by atoms with E-state index in [0.717, 1.165) is 32.1 Å². The summed E-state index contributed by atoms with van der Waals surface area (Å²) >= 11 is 0. The number of carbonyl (C=O) groups excluding carboxylic acids is 1. The predicted molar refractivity (Wildman–Crippen MR) is 112 cm³/mol. The Morgan fingerprint density at radius 3 is 2.61 bits per heavy atom. The van der Waals surface area contributed by atoms with Crippen molar-refractivity contribution in [3.8, 4) is 0 Å². The van der Waals surface area contributed by atoms with Crippen LogP contribution in [0.2, 0.25) is 0 Å². The Hall–Kier alpha value is -1.86. The second-order valence-electron chi connectivity index (χ2n) is 8.33. The molecule has 1 fully saturated rings. The number of nitrogens with one attached hydrogen (secondary N) is 2. The van der Waals surface area contributed by atoms with Gasteiger partial charge in [-0.05, 0) is 58.1 Å². The maximum atomic E-state index is 12.5.